The largest absolute Gasteiger partial charge is 0.546 e. The average molecular weight is 409 g/mol. The van der Waals surface area contributed by atoms with Gasteiger partial charge in [-0.2, -0.15) is 4.98 Å². The van der Waals surface area contributed by atoms with E-state index in [2.05, 4.69) is 20.5 Å². The number of para-hydroxylation sites is 2. The zero-order valence-corrected chi connectivity index (χ0v) is 16.3. The molecule has 1 aliphatic heterocycles. The van der Waals surface area contributed by atoms with E-state index >= 15 is 0 Å². The number of nitrogens with one attached hydrogen (secondary N) is 1. The lowest BCUT2D eigenvalue weighted by Crippen LogP contribution is -2.29. The number of fused-ring (bicyclic) bond motifs is 3. The lowest BCUT2D eigenvalue weighted by Gasteiger charge is -2.22. The number of aromatic nitrogens is 3. The molecule has 0 aliphatic carbocycles. The van der Waals surface area contributed by atoms with Crippen molar-refractivity contribution >= 4 is 23.4 Å². The molecule has 2 aromatic carbocycles. The Morgan fingerprint density at radius 2 is 2.00 bits per heavy atom. The minimum Gasteiger partial charge on any atom is -0.546 e. The van der Waals surface area contributed by atoms with Gasteiger partial charge in [0, 0.05) is 11.3 Å². The van der Waals surface area contributed by atoms with Gasteiger partial charge in [-0.15, -0.1) is 10.2 Å². The van der Waals surface area contributed by atoms with Crippen molar-refractivity contribution in [3.8, 4) is 22.9 Å². The number of rotatable bonds is 6. The highest BCUT2D eigenvalue weighted by molar-refractivity contribution is 7.99. The van der Waals surface area contributed by atoms with Gasteiger partial charge < -0.3 is 24.7 Å². The minimum absolute atomic E-state index is 0.341. The van der Waals surface area contributed by atoms with E-state index in [-0.39, 0.29) is 0 Å². The number of hydrogen-bond acceptors (Lipinski definition) is 9. The number of thioether (sulfide) groups is 1. The lowest BCUT2D eigenvalue weighted by atomic mass is 10.1. The maximum absolute atomic E-state index is 10.8. The Morgan fingerprint density at radius 3 is 2.83 bits per heavy atom. The van der Waals surface area contributed by atoms with Crippen LogP contribution in [0.1, 0.15) is 18.7 Å². The third-order valence-electron chi connectivity index (χ3n) is 4.15. The average Bonchev–Trinajstić information content (AvgIpc) is 2.89. The van der Waals surface area contributed by atoms with E-state index in [1.54, 1.807) is 18.2 Å². The Hall–Kier alpha value is -3.33. The molecule has 0 bridgehead atoms. The molecule has 0 radical (unpaired) electrons. The molecule has 1 atom stereocenters. The number of carboxylic acid groups (broad SMARTS) is 1. The highest BCUT2D eigenvalue weighted by atomic mass is 32.2. The van der Waals surface area contributed by atoms with Crippen molar-refractivity contribution in [1.82, 2.24) is 15.2 Å². The number of nitrogens with zero attached hydrogens (tertiary/aromatic N) is 3. The molecular weight excluding hydrogens is 392 g/mol. The van der Waals surface area contributed by atoms with E-state index in [1.807, 2.05) is 37.3 Å². The second kappa shape index (κ2) is 8.36. The molecular formula is C20H17N4O4S-. The molecule has 1 aromatic heterocycles. The Kier molecular flexibility index (Phi) is 5.48. The van der Waals surface area contributed by atoms with Crippen molar-refractivity contribution in [1.29, 1.82) is 0 Å². The van der Waals surface area contributed by atoms with Crippen molar-refractivity contribution in [2.75, 3.05) is 17.7 Å². The molecule has 0 saturated carbocycles. The van der Waals surface area contributed by atoms with E-state index in [0.717, 1.165) is 17.0 Å². The van der Waals surface area contributed by atoms with Crippen LogP contribution >= 0.6 is 11.8 Å². The Labute approximate surface area is 171 Å². The van der Waals surface area contributed by atoms with Gasteiger partial charge in [0.05, 0.1) is 11.5 Å². The molecule has 0 fully saturated rings. The Balaban J connectivity index is 1.78. The van der Waals surface area contributed by atoms with Gasteiger partial charge in [-0.3, -0.25) is 0 Å². The molecule has 0 amide bonds. The number of anilines is 1. The van der Waals surface area contributed by atoms with Crippen LogP contribution in [0.25, 0.3) is 11.3 Å². The zero-order valence-electron chi connectivity index (χ0n) is 15.5. The van der Waals surface area contributed by atoms with E-state index in [4.69, 9.17) is 9.47 Å². The Bertz CT molecular complexity index is 1050. The molecule has 8 nitrogen and oxygen atoms in total. The van der Waals surface area contributed by atoms with Gasteiger partial charge in [-0.05, 0) is 24.0 Å². The smallest absolute Gasteiger partial charge is 0.247 e. The number of aliphatic carboxylic acids is 1. The maximum Gasteiger partial charge on any atom is 0.247 e. The summed E-state index contributed by atoms with van der Waals surface area (Å²) in [6, 6.07) is 14.7. The molecule has 1 N–H and O–H groups in total. The van der Waals surface area contributed by atoms with Crippen LogP contribution in [-0.2, 0) is 4.79 Å². The fourth-order valence-corrected chi connectivity index (χ4v) is 3.45. The first-order chi connectivity index (χ1) is 14.2. The standard InChI is InChI=1S/C20H18N4O4S/c1-2-29-20-22-19-17(23-24-20)12-7-3-5-9-14(12)21-18(28-19)13-8-4-6-10-15(13)27-11-16(25)26/h3-10,18,21H,2,11H2,1H3,(H,25,26)/p-1/t18-/m0/s1. The van der Waals surface area contributed by atoms with Crippen LogP contribution in [0.4, 0.5) is 5.69 Å². The van der Waals surface area contributed by atoms with E-state index in [9.17, 15) is 9.90 Å². The van der Waals surface area contributed by atoms with E-state index in [1.165, 1.54) is 11.8 Å². The van der Waals surface area contributed by atoms with Crippen molar-refractivity contribution < 1.29 is 19.4 Å². The third-order valence-corrected chi connectivity index (χ3v) is 4.87. The van der Waals surface area contributed by atoms with Crippen LogP contribution in [0.2, 0.25) is 0 Å². The number of carbonyl (C=O) groups excluding carboxylic acids is 1. The van der Waals surface area contributed by atoms with Crippen molar-refractivity contribution in [2.24, 2.45) is 0 Å². The number of benzene rings is 2. The summed E-state index contributed by atoms with van der Waals surface area (Å²) in [6.45, 7) is 1.45. The molecule has 3 aromatic rings. The highest BCUT2D eigenvalue weighted by Gasteiger charge is 2.27. The monoisotopic (exact) mass is 409 g/mol. The van der Waals surface area contributed by atoms with Crippen LogP contribution in [-0.4, -0.2) is 33.5 Å². The van der Waals surface area contributed by atoms with Gasteiger partial charge in [0.15, 0.2) is 5.69 Å². The molecule has 0 saturated heterocycles. The second-order valence-electron chi connectivity index (χ2n) is 6.07. The number of carbonyl (C=O) groups is 1. The molecule has 4 rings (SSSR count). The number of ether oxygens (including phenoxy) is 2. The Morgan fingerprint density at radius 1 is 1.21 bits per heavy atom. The molecule has 2 heterocycles. The first-order valence-corrected chi connectivity index (χ1v) is 9.96. The first kappa shape index (κ1) is 19.0. The zero-order chi connectivity index (χ0) is 20.2. The van der Waals surface area contributed by atoms with Gasteiger partial charge in [-0.25, -0.2) is 0 Å². The topological polar surface area (TPSA) is 109 Å². The summed E-state index contributed by atoms with van der Waals surface area (Å²) in [5.74, 6) is 0.218. The van der Waals surface area contributed by atoms with Gasteiger partial charge in [0.1, 0.15) is 12.4 Å². The molecule has 29 heavy (non-hydrogen) atoms. The van der Waals surface area contributed by atoms with Gasteiger partial charge in [-0.1, -0.05) is 49.0 Å². The van der Waals surface area contributed by atoms with Gasteiger partial charge in [0.25, 0.3) is 0 Å². The van der Waals surface area contributed by atoms with Crippen LogP contribution in [0.15, 0.2) is 53.7 Å². The SMILES string of the molecule is CCSc1nnc2c(n1)O[C@@H](c1ccccc1OCC(=O)[O-])Nc1ccccc1-2. The number of carboxylic acids is 1. The third kappa shape index (κ3) is 4.09. The van der Waals surface area contributed by atoms with Crippen LogP contribution in [0, 0.1) is 0 Å². The molecule has 148 valence electrons. The van der Waals surface area contributed by atoms with E-state index < -0.39 is 18.8 Å². The van der Waals surface area contributed by atoms with Crippen LogP contribution in [0.3, 0.4) is 0 Å². The predicted octanol–water partition coefficient (Wildman–Crippen LogP) is 2.28. The summed E-state index contributed by atoms with van der Waals surface area (Å²) in [4.78, 5) is 15.4. The predicted molar refractivity (Wildman–Crippen MR) is 106 cm³/mol. The summed E-state index contributed by atoms with van der Waals surface area (Å²) in [7, 11) is 0. The van der Waals surface area contributed by atoms with Crippen molar-refractivity contribution in [2.45, 2.75) is 18.3 Å². The second-order valence-corrected chi connectivity index (χ2v) is 7.30. The van der Waals surface area contributed by atoms with Gasteiger partial charge >= 0.3 is 0 Å². The normalized spacial score (nSPS) is 14.6. The van der Waals surface area contributed by atoms with E-state index in [0.29, 0.717) is 28.0 Å². The highest BCUT2D eigenvalue weighted by Crippen LogP contribution is 2.40. The summed E-state index contributed by atoms with van der Waals surface area (Å²) in [5, 5.41) is 23.2. The maximum atomic E-state index is 10.8. The summed E-state index contributed by atoms with van der Waals surface area (Å²) in [6.07, 6.45) is -0.675. The first-order valence-electron chi connectivity index (χ1n) is 8.97. The fraction of sp³-hybridized carbons (Fsp3) is 0.200. The van der Waals surface area contributed by atoms with Gasteiger partial charge in [0.2, 0.25) is 17.3 Å². The van der Waals surface area contributed by atoms with Crippen LogP contribution < -0.4 is 19.9 Å². The van der Waals surface area contributed by atoms with Crippen LogP contribution in [0.5, 0.6) is 11.6 Å². The molecule has 0 unspecified atom stereocenters. The fourth-order valence-electron chi connectivity index (χ4n) is 2.94. The quantitative estimate of drug-likeness (QED) is 0.613. The summed E-state index contributed by atoms with van der Waals surface area (Å²) < 4.78 is 11.6. The van der Waals surface area contributed by atoms with Crippen molar-refractivity contribution in [3.05, 3.63) is 54.1 Å². The molecule has 1 aliphatic rings. The minimum atomic E-state index is -1.30. The summed E-state index contributed by atoms with van der Waals surface area (Å²) >= 11 is 1.47. The van der Waals surface area contributed by atoms with Crippen molar-refractivity contribution in [3.63, 3.8) is 0 Å². The lowest BCUT2D eigenvalue weighted by molar-refractivity contribution is -0.307. The molecule has 0 spiro atoms. The number of hydrogen-bond donors (Lipinski definition) is 1. The molecule has 9 heteroatoms. The summed E-state index contributed by atoms with van der Waals surface area (Å²) in [5.41, 5.74) is 2.76.